The van der Waals surface area contributed by atoms with Crippen molar-refractivity contribution in [3.05, 3.63) is 39.9 Å². The normalized spacial score (nSPS) is 10.6. The van der Waals surface area contributed by atoms with Crippen molar-refractivity contribution in [2.75, 3.05) is 33.5 Å². The zero-order valence-corrected chi connectivity index (χ0v) is 11.1. The Bertz CT molecular complexity index is 385. The minimum absolute atomic E-state index is 0.127. The van der Waals surface area contributed by atoms with E-state index >= 15 is 0 Å². The minimum atomic E-state index is -0.382. The van der Waals surface area contributed by atoms with Crippen molar-refractivity contribution in [1.29, 1.82) is 0 Å². The Morgan fingerprint density at radius 1 is 1.32 bits per heavy atom. The quantitative estimate of drug-likeness (QED) is 0.397. The van der Waals surface area contributed by atoms with Gasteiger partial charge in [-0.2, -0.15) is 0 Å². The van der Waals surface area contributed by atoms with Gasteiger partial charge in [-0.25, -0.2) is 0 Å². The van der Waals surface area contributed by atoms with Gasteiger partial charge in [-0.3, -0.25) is 10.1 Å². The molecular formula is C13H20N2O4. The lowest BCUT2D eigenvalue weighted by atomic mass is 10.2. The highest BCUT2D eigenvalue weighted by atomic mass is 16.6. The van der Waals surface area contributed by atoms with Crippen molar-refractivity contribution >= 4 is 5.69 Å². The van der Waals surface area contributed by atoms with Crippen LogP contribution in [-0.2, 0) is 16.0 Å². The van der Waals surface area contributed by atoms with Gasteiger partial charge in [0.25, 0.3) is 5.69 Å². The highest BCUT2D eigenvalue weighted by Crippen LogP contribution is 2.12. The smallest absolute Gasteiger partial charge is 0.269 e. The van der Waals surface area contributed by atoms with Gasteiger partial charge >= 0.3 is 0 Å². The van der Waals surface area contributed by atoms with Crippen LogP contribution in [0.15, 0.2) is 24.3 Å². The van der Waals surface area contributed by atoms with Crippen LogP contribution in [0.1, 0.15) is 12.0 Å². The first-order valence-electron chi connectivity index (χ1n) is 6.25. The molecule has 0 unspecified atom stereocenters. The summed E-state index contributed by atoms with van der Waals surface area (Å²) in [6.45, 7) is 3.35. The molecule has 0 aliphatic heterocycles. The summed E-state index contributed by atoms with van der Waals surface area (Å²) < 4.78 is 10.2. The van der Waals surface area contributed by atoms with E-state index in [-0.39, 0.29) is 10.6 Å². The van der Waals surface area contributed by atoms with Gasteiger partial charge in [0.1, 0.15) is 0 Å². The van der Waals surface area contributed by atoms with Crippen LogP contribution in [0, 0.1) is 10.1 Å². The fraction of sp³-hybridized carbons (Fsp3) is 0.538. The Labute approximate surface area is 112 Å². The number of methoxy groups -OCH3 is 1. The number of nitrogens with zero attached hydrogens (tertiary/aromatic N) is 1. The number of rotatable bonds is 10. The SMILES string of the molecule is COCCOCCCNCc1cccc([N+](=O)[O-])c1. The topological polar surface area (TPSA) is 73.6 Å². The van der Waals surface area contributed by atoms with E-state index in [2.05, 4.69) is 5.32 Å². The van der Waals surface area contributed by atoms with E-state index in [1.165, 1.54) is 6.07 Å². The second kappa shape index (κ2) is 9.43. The lowest BCUT2D eigenvalue weighted by Gasteiger charge is -2.06. The van der Waals surface area contributed by atoms with E-state index in [0.717, 1.165) is 18.5 Å². The third-order valence-electron chi connectivity index (χ3n) is 2.52. The van der Waals surface area contributed by atoms with Crippen molar-refractivity contribution in [3.63, 3.8) is 0 Å². The van der Waals surface area contributed by atoms with Crippen LogP contribution in [-0.4, -0.2) is 38.4 Å². The molecule has 1 aromatic rings. The number of non-ortho nitro benzene ring substituents is 1. The van der Waals surface area contributed by atoms with E-state index in [1.807, 2.05) is 6.07 Å². The summed E-state index contributed by atoms with van der Waals surface area (Å²) in [5, 5.41) is 13.8. The molecule has 1 aromatic carbocycles. The van der Waals surface area contributed by atoms with E-state index < -0.39 is 0 Å². The van der Waals surface area contributed by atoms with Crippen LogP contribution in [0.25, 0.3) is 0 Å². The highest BCUT2D eigenvalue weighted by Gasteiger charge is 2.04. The highest BCUT2D eigenvalue weighted by molar-refractivity contribution is 5.34. The van der Waals surface area contributed by atoms with Crippen LogP contribution in [0.3, 0.4) is 0 Å². The van der Waals surface area contributed by atoms with Gasteiger partial charge in [0.15, 0.2) is 0 Å². The molecule has 0 heterocycles. The summed E-state index contributed by atoms with van der Waals surface area (Å²) >= 11 is 0. The molecule has 0 fully saturated rings. The summed E-state index contributed by atoms with van der Waals surface area (Å²) in [7, 11) is 1.64. The van der Waals surface area contributed by atoms with Crippen molar-refractivity contribution in [3.8, 4) is 0 Å². The maximum atomic E-state index is 10.6. The number of nitrogens with one attached hydrogen (secondary N) is 1. The maximum absolute atomic E-state index is 10.6. The first-order valence-corrected chi connectivity index (χ1v) is 6.25. The molecule has 106 valence electrons. The van der Waals surface area contributed by atoms with Crippen LogP contribution in [0.2, 0.25) is 0 Å². The number of hydrogen-bond acceptors (Lipinski definition) is 5. The fourth-order valence-corrected chi connectivity index (χ4v) is 1.56. The fourth-order valence-electron chi connectivity index (χ4n) is 1.56. The summed E-state index contributed by atoms with van der Waals surface area (Å²) in [5.41, 5.74) is 1.04. The lowest BCUT2D eigenvalue weighted by Crippen LogP contribution is -2.17. The number of nitro groups is 1. The minimum Gasteiger partial charge on any atom is -0.382 e. The second-order valence-electron chi connectivity index (χ2n) is 4.06. The Kier molecular flexibility index (Phi) is 7.72. The predicted octanol–water partition coefficient (Wildman–Crippen LogP) is 1.74. The molecule has 0 radical (unpaired) electrons. The number of benzene rings is 1. The number of nitro benzene ring substituents is 1. The van der Waals surface area contributed by atoms with Gasteiger partial charge in [0.05, 0.1) is 18.1 Å². The van der Waals surface area contributed by atoms with Crippen LogP contribution in [0.5, 0.6) is 0 Å². The molecule has 0 saturated carbocycles. The molecule has 19 heavy (non-hydrogen) atoms. The molecule has 0 aliphatic rings. The molecule has 0 aromatic heterocycles. The third-order valence-corrected chi connectivity index (χ3v) is 2.52. The number of ether oxygens (including phenoxy) is 2. The summed E-state index contributed by atoms with van der Waals surface area (Å²) in [6, 6.07) is 6.65. The molecule has 0 amide bonds. The van der Waals surface area contributed by atoms with Crippen LogP contribution >= 0.6 is 0 Å². The van der Waals surface area contributed by atoms with Crippen molar-refractivity contribution in [2.24, 2.45) is 0 Å². The Morgan fingerprint density at radius 2 is 2.16 bits per heavy atom. The van der Waals surface area contributed by atoms with E-state index in [1.54, 1.807) is 19.2 Å². The Morgan fingerprint density at radius 3 is 2.89 bits per heavy atom. The molecule has 1 rings (SSSR count). The van der Waals surface area contributed by atoms with Crippen LogP contribution in [0.4, 0.5) is 5.69 Å². The van der Waals surface area contributed by atoms with Gasteiger partial charge in [-0.1, -0.05) is 12.1 Å². The Balaban J connectivity index is 2.12. The van der Waals surface area contributed by atoms with Crippen molar-refractivity contribution in [2.45, 2.75) is 13.0 Å². The maximum Gasteiger partial charge on any atom is 0.269 e. The van der Waals surface area contributed by atoms with Gasteiger partial charge in [-0.15, -0.1) is 0 Å². The van der Waals surface area contributed by atoms with Gasteiger partial charge in [0, 0.05) is 32.4 Å². The first-order chi connectivity index (χ1) is 9.24. The molecular weight excluding hydrogens is 248 g/mol. The standard InChI is InChI=1S/C13H20N2O4/c1-18-8-9-19-7-3-6-14-11-12-4-2-5-13(10-12)15(16)17/h2,4-5,10,14H,3,6-9,11H2,1H3. The molecule has 6 nitrogen and oxygen atoms in total. The monoisotopic (exact) mass is 268 g/mol. The van der Waals surface area contributed by atoms with E-state index in [9.17, 15) is 10.1 Å². The summed E-state index contributed by atoms with van der Waals surface area (Å²) in [5.74, 6) is 0. The first kappa shape index (κ1) is 15.6. The molecule has 0 bridgehead atoms. The van der Waals surface area contributed by atoms with Crippen LogP contribution < -0.4 is 5.32 Å². The summed E-state index contributed by atoms with van der Waals surface area (Å²) in [4.78, 5) is 10.2. The zero-order chi connectivity index (χ0) is 13.9. The van der Waals surface area contributed by atoms with Gasteiger partial charge in [0.2, 0.25) is 0 Å². The van der Waals surface area contributed by atoms with Crippen molar-refractivity contribution in [1.82, 2.24) is 5.32 Å². The van der Waals surface area contributed by atoms with E-state index in [0.29, 0.717) is 26.4 Å². The molecule has 6 heteroatoms. The number of hydrogen-bond donors (Lipinski definition) is 1. The lowest BCUT2D eigenvalue weighted by molar-refractivity contribution is -0.384. The third kappa shape index (κ3) is 6.85. The summed E-state index contributed by atoms with van der Waals surface area (Å²) in [6.07, 6.45) is 0.901. The average molecular weight is 268 g/mol. The van der Waals surface area contributed by atoms with Gasteiger partial charge in [-0.05, 0) is 18.5 Å². The average Bonchev–Trinajstić information content (AvgIpc) is 2.42. The van der Waals surface area contributed by atoms with Gasteiger partial charge < -0.3 is 14.8 Å². The van der Waals surface area contributed by atoms with E-state index in [4.69, 9.17) is 9.47 Å². The zero-order valence-electron chi connectivity index (χ0n) is 11.1. The second-order valence-corrected chi connectivity index (χ2v) is 4.06. The molecule has 0 aliphatic carbocycles. The predicted molar refractivity (Wildman–Crippen MR) is 72.1 cm³/mol. The molecule has 0 atom stereocenters. The Hall–Kier alpha value is -1.50. The van der Waals surface area contributed by atoms with Crippen molar-refractivity contribution < 1.29 is 14.4 Å². The molecule has 0 spiro atoms. The largest absolute Gasteiger partial charge is 0.382 e. The molecule has 0 saturated heterocycles. The molecule has 1 N–H and O–H groups in total.